The monoisotopic (exact) mass is 214 g/mol. The van der Waals surface area contributed by atoms with Crippen LogP contribution in [0.5, 0.6) is 0 Å². The maximum absolute atomic E-state index is 12.4. The fourth-order valence-electron chi connectivity index (χ4n) is 2.13. The minimum atomic E-state index is -4.75. The van der Waals surface area contributed by atoms with Crippen LogP contribution in [0.1, 0.15) is 12.5 Å². The van der Waals surface area contributed by atoms with Gasteiger partial charge >= 0.3 is 6.98 Å². The van der Waals surface area contributed by atoms with Crippen LogP contribution < -0.4 is 4.90 Å². The molecule has 0 fully saturated rings. The molecule has 1 unspecified atom stereocenters. The predicted octanol–water partition coefficient (Wildman–Crippen LogP) is 2.82. The van der Waals surface area contributed by atoms with E-state index in [4.69, 9.17) is 0 Å². The van der Waals surface area contributed by atoms with Crippen molar-refractivity contribution < 1.29 is 12.9 Å². The van der Waals surface area contributed by atoms with Gasteiger partial charge in [-0.05, 0) is 31.4 Å². The van der Waals surface area contributed by atoms with Gasteiger partial charge in [-0.3, -0.25) is 0 Å². The molecule has 0 radical (unpaired) electrons. The van der Waals surface area contributed by atoms with Crippen molar-refractivity contribution in [3.05, 3.63) is 29.8 Å². The molecule has 0 aliphatic carbocycles. The summed E-state index contributed by atoms with van der Waals surface area (Å²) in [5, 5.41) is 0. The number of rotatable bonds is 2. The van der Waals surface area contributed by atoms with Gasteiger partial charge in [0.25, 0.3) is 0 Å². The Bertz CT molecular complexity index is 364. The lowest BCUT2D eigenvalue weighted by Crippen LogP contribution is -2.41. The molecule has 15 heavy (non-hydrogen) atoms. The Hall–Kier alpha value is -1.13. The Kier molecular flexibility index (Phi) is 2.40. The summed E-state index contributed by atoms with van der Waals surface area (Å²) in [7, 11) is 0. The minimum absolute atomic E-state index is 0.0501. The van der Waals surface area contributed by atoms with Crippen molar-refractivity contribution in [3.8, 4) is 0 Å². The molecule has 82 valence electrons. The summed E-state index contributed by atoms with van der Waals surface area (Å²) in [5.74, 6) is 0. The summed E-state index contributed by atoms with van der Waals surface area (Å²) in [6, 6.07) is 7.27. The third-order valence-electron chi connectivity index (χ3n) is 2.75. The van der Waals surface area contributed by atoms with Gasteiger partial charge in [0.1, 0.15) is 0 Å². The van der Waals surface area contributed by atoms with Crippen LogP contribution in [0.2, 0.25) is 0 Å². The molecule has 5 heteroatoms. The quantitative estimate of drug-likeness (QED) is 0.684. The van der Waals surface area contributed by atoms with E-state index >= 15 is 0 Å². The fourth-order valence-corrected chi connectivity index (χ4v) is 2.13. The molecule has 1 aliphatic rings. The highest BCUT2D eigenvalue weighted by atomic mass is 19.4. The maximum Gasteiger partial charge on any atom is 0.497 e. The van der Waals surface area contributed by atoms with Crippen LogP contribution in [-0.2, 0) is 6.42 Å². The average molecular weight is 214 g/mol. The van der Waals surface area contributed by atoms with E-state index in [2.05, 4.69) is 0 Å². The second kappa shape index (κ2) is 3.47. The van der Waals surface area contributed by atoms with E-state index in [0.717, 1.165) is 11.3 Å². The first-order chi connectivity index (χ1) is 6.97. The fraction of sp³-hybridized carbons (Fsp3) is 0.400. The molecule has 1 atom stereocenters. The second-order valence-corrected chi connectivity index (χ2v) is 4.04. The van der Waals surface area contributed by atoms with E-state index in [1.807, 2.05) is 19.1 Å². The number of hydrogen-bond acceptors (Lipinski definition) is 1. The predicted molar refractivity (Wildman–Crippen MR) is 56.0 cm³/mol. The summed E-state index contributed by atoms with van der Waals surface area (Å²) in [4.78, 5) is 1.45. The third kappa shape index (κ3) is 2.11. The molecule has 0 spiro atoms. The van der Waals surface area contributed by atoms with E-state index < -0.39 is 13.4 Å². The van der Waals surface area contributed by atoms with Crippen molar-refractivity contribution in [2.75, 3.05) is 11.3 Å². The first kappa shape index (κ1) is 10.4. The van der Waals surface area contributed by atoms with E-state index in [1.54, 1.807) is 12.1 Å². The van der Waals surface area contributed by atoms with Gasteiger partial charge in [-0.2, -0.15) is 0 Å². The summed E-state index contributed by atoms with van der Waals surface area (Å²) in [5.41, 5.74) is 1.76. The highest BCUT2D eigenvalue weighted by Crippen LogP contribution is 2.33. The third-order valence-corrected chi connectivity index (χ3v) is 2.75. The van der Waals surface area contributed by atoms with Gasteiger partial charge < -0.3 is 17.8 Å². The average Bonchev–Trinajstić information content (AvgIpc) is 2.41. The van der Waals surface area contributed by atoms with Crippen LogP contribution in [0.3, 0.4) is 0 Å². The van der Waals surface area contributed by atoms with Crippen LogP contribution in [0.25, 0.3) is 0 Å². The molecule has 1 nitrogen and oxygen atoms in total. The Morgan fingerprint density at radius 3 is 2.67 bits per heavy atom. The standard InChI is InChI=1S/C10H12BF3N/c1-8-6-9-4-2-3-5-10(9)15(8)7-11(12,13)14/h2-5,8H,6-7H2,1H3/q-1. The SMILES string of the molecule is CC1Cc2ccccc2N1C[B-](F)(F)F. The molecule has 0 aromatic heterocycles. The van der Waals surface area contributed by atoms with Gasteiger partial charge in [0.05, 0.1) is 0 Å². The van der Waals surface area contributed by atoms with Crippen LogP contribution >= 0.6 is 0 Å². The number of anilines is 1. The van der Waals surface area contributed by atoms with Gasteiger partial charge in [0.15, 0.2) is 0 Å². The van der Waals surface area contributed by atoms with Crippen molar-refractivity contribution in [1.82, 2.24) is 0 Å². The lowest BCUT2D eigenvalue weighted by molar-refractivity contribution is 0.462. The summed E-state index contributed by atoms with van der Waals surface area (Å²) >= 11 is 0. The van der Waals surface area contributed by atoms with Crippen molar-refractivity contribution in [2.45, 2.75) is 19.4 Å². The summed E-state index contributed by atoms with van der Waals surface area (Å²) < 4.78 is 37.2. The molecule has 0 amide bonds. The smallest absolute Gasteiger partial charge is 0.448 e. The lowest BCUT2D eigenvalue weighted by atomic mass is 9.90. The lowest BCUT2D eigenvalue weighted by Gasteiger charge is -2.30. The van der Waals surface area contributed by atoms with Crippen molar-refractivity contribution in [3.63, 3.8) is 0 Å². The first-order valence-corrected chi connectivity index (χ1v) is 5.03. The molecule has 1 aromatic rings. The number of fused-ring (bicyclic) bond motifs is 1. The maximum atomic E-state index is 12.4. The van der Waals surface area contributed by atoms with E-state index in [0.29, 0.717) is 6.42 Å². The van der Waals surface area contributed by atoms with Gasteiger partial charge in [-0.1, -0.05) is 18.2 Å². The van der Waals surface area contributed by atoms with E-state index in [-0.39, 0.29) is 6.04 Å². The highest BCUT2D eigenvalue weighted by Gasteiger charge is 2.33. The number of benzene rings is 1. The molecule has 1 aromatic carbocycles. The molecular formula is C10H12BF3N-. The summed E-state index contributed by atoms with van der Waals surface area (Å²) in [6.45, 7) is -2.92. The molecule has 0 bridgehead atoms. The number of hydrogen-bond donors (Lipinski definition) is 0. The van der Waals surface area contributed by atoms with E-state index in [1.165, 1.54) is 4.90 Å². The van der Waals surface area contributed by atoms with E-state index in [9.17, 15) is 12.9 Å². The van der Waals surface area contributed by atoms with Gasteiger partial charge in [0.2, 0.25) is 0 Å². The molecule has 1 heterocycles. The Morgan fingerprint density at radius 1 is 1.33 bits per heavy atom. The topological polar surface area (TPSA) is 3.24 Å². The number of para-hydroxylation sites is 1. The molecule has 0 saturated heterocycles. The second-order valence-electron chi connectivity index (χ2n) is 4.04. The van der Waals surface area contributed by atoms with Crippen LogP contribution in [0.4, 0.5) is 18.6 Å². The Morgan fingerprint density at radius 2 is 2.00 bits per heavy atom. The highest BCUT2D eigenvalue weighted by molar-refractivity contribution is 6.59. The van der Waals surface area contributed by atoms with Crippen molar-refractivity contribution in [2.24, 2.45) is 0 Å². The summed E-state index contributed by atoms with van der Waals surface area (Å²) in [6.07, 6.45) is -0.0828. The van der Waals surface area contributed by atoms with Crippen LogP contribution in [0, 0.1) is 0 Å². The Labute approximate surface area is 86.9 Å². The zero-order valence-corrected chi connectivity index (χ0v) is 8.46. The molecule has 0 N–H and O–H groups in total. The molecular weight excluding hydrogens is 202 g/mol. The zero-order chi connectivity index (χ0) is 11.1. The molecule has 2 rings (SSSR count). The van der Waals surface area contributed by atoms with Crippen LogP contribution in [-0.4, -0.2) is 19.5 Å². The minimum Gasteiger partial charge on any atom is -0.448 e. The van der Waals surface area contributed by atoms with Gasteiger partial charge in [-0.15, -0.1) is 0 Å². The van der Waals surface area contributed by atoms with Crippen molar-refractivity contribution in [1.29, 1.82) is 0 Å². The number of halogens is 3. The first-order valence-electron chi connectivity index (χ1n) is 5.03. The van der Waals surface area contributed by atoms with Gasteiger partial charge in [-0.25, -0.2) is 0 Å². The number of nitrogens with zero attached hydrogens (tertiary/aromatic N) is 1. The normalized spacial score (nSPS) is 20.5. The Balaban J connectivity index is 2.26. The zero-order valence-electron chi connectivity index (χ0n) is 8.46. The van der Waals surface area contributed by atoms with Gasteiger partial charge in [0, 0.05) is 11.7 Å². The van der Waals surface area contributed by atoms with Crippen molar-refractivity contribution >= 4 is 12.7 Å². The molecule has 1 aliphatic heterocycles. The van der Waals surface area contributed by atoms with Crippen LogP contribution in [0.15, 0.2) is 24.3 Å². The molecule has 0 saturated carbocycles. The largest absolute Gasteiger partial charge is 0.497 e.